The summed E-state index contributed by atoms with van der Waals surface area (Å²) in [4.78, 5) is 13.9. The molecule has 1 N–H and O–H groups in total. The largest absolute Gasteiger partial charge is 0.489 e. The zero-order valence-electron chi connectivity index (χ0n) is 20.1. The average Bonchev–Trinajstić information content (AvgIpc) is 2.78. The molecule has 0 atom stereocenters. The molecule has 174 valence electrons. The molecule has 0 amide bonds. The molecule has 0 saturated heterocycles. The number of carboxylic acid groups (broad SMARTS) is 1. The van der Waals surface area contributed by atoms with Crippen molar-refractivity contribution in [2.45, 2.75) is 65.6 Å². The van der Waals surface area contributed by atoms with Crippen molar-refractivity contribution < 1.29 is 14.6 Å². The van der Waals surface area contributed by atoms with Gasteiger partial charge in [0.2, 0.25) is 0 Å². The summed E-state index contributed by atoms with van der Waals surface area (Å²) in [6, 6.07) is 24.8. The third-order valence-corrected chi connectivity index (χ3v) is 5.78. The Hall–Kier alpha value is -3.27. The van der Waals surface area contributed by atoms with Crippen LogP contribution in [0.15, 0.2) is 72.8 Å². The molecule has 0 spiro atoms. The number of rotatable bonds is 11. The summed E-state index contributed by atoms with van der Waals surface area (Å²) in [7, 11) is 0. The predicted molar refractivity (Wildman–Crippen MR) is 135 cm³/mol. The number of carbonyl (C=O) groups is 1. The van der Waals surface area contributed by atoms with Crippen molar-refractivity contribution >= 4 is 11.7 Å². The molecule has 0 unspecified atom stereocenters. The van der Waals surface area contributed by atoms with Crippen molar-refractivity contribution in [2.24, 2.45) is 0 Å². The highest BCUT2D eigenvalue weighted by atomic mass is 16.5. The van der Waals surface area contributed by atoms with Crippen molar-refractivity contribution in [3.63, 3.8) is 0 Å². The van der Waals surface area contributed by atoms with E-state index in [2.05, 4.69) is 56.9 Å². The maximum atomic E-state index is 11.5. The fourth-order valence-electron chi connectivity index (χ4n) is 4.33. The third-order valence-electron chi connectivity index (χ3n) is 5.78. The van der Waals surface area contributed by atoms with Crippen LogP contribution in [0.1, 0.15) is 61.2 Å². The lowest BCUT2D eigenvalue weighted by molar-refractivity contribution is 0.0696. The normalized spacial score (nSPS) is 11.1. The second kappa shape index (κ2) is 11.6. The van der Waals surface area contributed by atoms with Gasteiger partial charge in [0.1, 0.15) is 12.4 Å². The molecule has 4 heteroatoms. The Kier molecular flexibility index (Phi) is 8.53. The average molecular weight is 446 g/mol. The molecular formula is C29H35NO3. The molecule has 0 heterocycles. The zero-order valence-corrected chi connectivity index (χ0v) is 20.1. The van der Waals surface area contributed by atoms with E-state index in [9.17, 15) is 9.90 Å². The van der Waals surface area contributed by atoms with Crippen LogP contribution in [-0.2, 0) is 19.4 Å². The summed E-state index contributed by atoms with van der Waals surface area (Å²) in [6.45, 7) is 9.35. The summed E-state index contributed by atoms with van der Waals surface area (Å²) in [5.41, 5.74) is 4.86. The highest BCUT2D eigenvalue weighted by Gasteiger charge is 2.15. The molecule has 0 radical (unpaired) electrons. The molecule has 3 aromatic rings. The lowest BCUT2D eigenvalue weighted by atomic mass is 10.0. The van der Waals surface area contributed by atoms with Gasteiger partial charge in [-0.3, -0.25) is 0 Å². The van der Waals surface area contributed by atoms with Gasteiger partial charge in [-0.2, -0.15) is 0 Å². The van der Waals surface area contributed by atoms with Crippen LogP contribution in [0.3, 0.4) is 0 Å². The second-order valence-electron chi connectivity index (χ2n) is 9.02. The van der Waals surface area contributed by atoms with E-state index in [-0.39, 0.29) is 0 Å². The minimum absolute atomic E-state index is 0.295. The molecule has 3 aromatic carbocycles. The van der Waals surface area contributed by atoms with Gasteiger partial charge in [0.05, 0.1) is 5.56 Å². The number of benzene rings is 3. The smallest absolute Gasteiger partial charge is 0.335 e. The van der Waals surface area contributed by atoms with Crippen LogP contribution in [0, 0.1) is 0 Å². The number of anilines is 1. The molecule has 0 aromatic heterocycles. The van der Waals surface area contributed by atoms with Gasteiger partial charge >= 0.3 is 5.97 Å². The fraction of sp³-hybridized carbons (Fsp3) is 0.345. The first-order chi connectivity index (χ1) is 15.8. The van der Waals surface area contributed by atoms with Gasteiger partial charge in [-0.25, -0.2) is 4.79 Å². The molecule has 0 fully saturated rings. The third kappa shape index (κ3) is 6.85. The molecule has 3 rings (SSSR count). The quantitative estimate of drug-likeness (QED) is 0.354. The van der Waals surface area contributed by atoms with Crippen LogP contribution in [0.25, 0.3) is 0 Å². The van der Waals surface area contributed by atoms with E-state index in [4.69, 9.17) is 4.74 Å². The first kappa shape index (κ1) is 24.4. The van der Waals surface area contributed by atoms with E-state index in [0.29, 0.717) is 24.3 Å². The minimum Gasteiger partial charge on any atom is -0.489 e. The van der Waals surface area contributed by atoms with E-state index >= 15 is 0 Å². The topological polar surface area (TPSA) is 49.8 Å². The van der Waals surface area contributed by atoms with Gasteiger partial charge in [-0.15, -0.1) is 0 Å². The molecule has 0 aliphatic rings. The molecule has 0 bridgehead atoms. The van der Waals surface area contributed by atoms with Crippen LogP contribution in [0.5, 0.6) is 5.75 Å². The molecule has 4 nitrogen and oxygen atoms in total. The Morgan fingerprint density at radius 3 is 2.21 bits per heavy atom. The van der Waals surface area contributed by atoms with Gasteiger partial charge < -0.3 is 14.7 Å². The first-order valence-corrected chi connectivity index (χ1v) is 11.8. The summed E-state index contributed by atoms with van der Waals surface area (Å²) < 4.78 is 6.06. The molecule has 0 aliphatic heterocycles. The van der Waals surface area contributed by atoms with Gasteiger partial charge in [0.15, 0.2) is 0 Å². The van der Waals surface area contributed by atoms with Crippen molar-refractivity contribution in [3.8, 4) is 5.75 Å². The fourth-order valence-corrected chi connectivity index (χ4v) is 4.33. The minimum atomic E-state index is -0.916. The van der Waals surface area contributed by atoms with Crippen molar-refractivity contribution in [1.29, 1.82) is 0 Å². The van der Waals surface area contributed by atoms with E-state index in [1.807, 2.05) is 30.3 Å². The standard InChI is InChI=1S/C29H35NO3/c1-21(2)30(22(3)4)27-15-9-13-23(18-27)12-8-14-25-19-26(29(31)32)16-17-28(25)33-20-24-10-6-5-7-11-24/h5-7,9-11,13,15-19,21-22H,8,12,14,20H2,1-4H3,(H,31,32). The Morgan fingerprint density at radius 1 is 0.848 bits per heavy atom. The summed E-state index contributed by atoms with van der Waals surface area (Å²) >= 11 is 0. The van der Waals surface area contributed by atoms with Gasteiger partial charge in [-0.05, 0) is 94.0 Å². The van der Waals surface area contributed by atoms with Gasteiger partial charge in [-0.1, -0.05) is 42.5 Å². The maximum Gasteiger partial charge on any atom is 0.335 e. The highest BCUT2D eigenvalue weighted by Crippen LogP contribution is 2.25. The van der Waals surface area contributed by atoms with Crippen molar-refractivity contribution in [1.82, 2.24) is 0 Å². The van der Waals surface area contributed by atoms with Crippen molar-refractivity contribution in [3.05, 3.63) is 95.1 Å². The van der Waals surface area contributed by atoms with E-state index in [1.54, 1.807) is 18.2 Å². The monoisotopic (exact) mass is 445 g/mol. The molecule has 0 aliphatic carbocycles. The summed E-state index contributed by atoms with van der Waals surface area (Å²) in [5, 5.41) is 9.44. The van der Waals surface area contributed by atoms with Crippen molar-refractivity contribution in [2.75, 3.05) is 4.90 Å². The van der Waals surface area contributed by atoms with Crippen LogP contribution >= 0.6 is 0 Å². The van der Waals surface area contributed by atoms with Gasteiger partial charge in [0.25, 0.3) is 0 Å². The Labute approximate surface area is 197 Å². The van der Waals surface area contributed by atoms with E-state index < -0.39 is 5.97 Å². The highest BCUT2D eigenvalue weighted by molar-refractivity contribution is 5.88. The van der Waals surface area contributed by atoms with E-state index in [0.717, 1.165) is 36.1 Å². The second-order valence-corrected chi connectivity index (χ2v) is 9.02. The van der Waals surface area contributed by atoms with Gasteiger partial charge in [0, 0.05) is 17.8 Å². The molecule has 0 saturated carbocycles. The van der Waals surface area contributed by atoms with Crippen LogP contribution in [0.4, 0.5) is 5.69 Å². The molecule has 33 heavy (non-hydrogen) atoms. The lowest BCUT2D eigenvalue weighted by Crippen LogP contribution is -2.36. The number of hydrogen-bond donors (Lipinski definition) is 1. The van der Waals surface area contributed by atoms with E-state index in [1.165, 1.54) is 11.3 Å². The van der Waals surface area contributed by atoms with Crippen LogP contribution in [-0.4, -0.2) is 23.2 Å². The summed E-state index contributed by atoms with van der Waals surface area (Å²) in [5.74, 6) is -0.163. The Bertz CT molecular complexity index is 1040. The molecular weight excluding hydrogens is 410 g/mol. The predicted octanol–water partition coefficient (Wildman–Crippen LogP) is 6.76. The SMILES string of the molecule is CC(C)N(c1cccc(CCCc2cc(C(=O)O)ccc2OCc2ccccc2)c1)C(C)C. The maximum absolute atomic E-state index is 11.5. The van der Waals surface area contributed by atoms with Crippen LogP contribution < -0.4 is 9.64 Å². The van der Waals surface area contributed by atoms with Crippen LogP contribution in [0.2, 0.25) is 0 Å². The first-order valence-electron chi connectivity index (χ1n) is 11.8. The number of aryl methyl sites for hydroxylation is 2. The number of ether oxygens (including phenoxy) is 1. The Balaban J connectivity index is 1.70. The number of aromatic carboxylic acids is 1. The zero-order chi connectivity index (χ0) is 23.8. The number of hydrogen-bond acceptors (Lipinski definition) is 3. The number of carboxylic acids is 1. The Morgan fingerprint density at radius 2 is 1.55 bits per heavy atom. The lowest BCUT2D eigenvalue weighted by Gasteiger charge is -2.33. The number of nitrogens with zero attached hydrogens (tertiary/aromatic N) is 1. The summed E-state index contributed by atoms with van der Waals surface area (Å²) in [6.07, 6.45) is 2.60.